The minimum Gasteiger partial charge on any atom is -0.330 e. The highest BCUT2D eigenvalue weighted by atomic mass is 15.2. The van der Waals surface area contributed by atoms with Crippen molar-refractivity contribution in [2.45, 2.75) is 31.7 Å². The molecule has 0 bridgehead atoms. The SMILES string of the molecule is NCC1CCCC(N2CCNCC2)C1. The molecule has 1 aliphatic heterocycles. The maximum atomic E-state index is 5.76. The van der Waals surface area contributed by atoms with Crippen LogP contribution < -0.4 is 11.1 Å². The number of piperazine rings is 1. The Kier molecular flexibility index (Phi) is 3.79. The Morgan fingerprint density at radius 2 is 2.00 bits per heavy atom. The van der Waals surface area contributed by atoms with Crippen molar-refractivity contribution in [3.63, 3.8) is 0 Å². The average molecular weight is 197 g/mol. The fraction of sp³-hybridized carbons (Fsp3) is 1.00. The molecule has 2 unspecified atom stereocenters. The van der Waals surface area contributed by atoms with Gasteiger partial charge in [0.1, 0.15) is 0 Å². The molecule has 3 N–H and O–H groups in total. The first-order valence-corrected chi connectivity index (χ1v) is 6.05. The molecule has 0 aromatic heterocycles. The zero-order valence-corrected chi connectivity index (χ0v) is 9.04. The van der Waals surface area contributed by atoms with Gasteiger partial charge in [-0.25, -0.2) is 0 Å². The first kappa shape index (κ1) is 10.4. The van der Waals surface area contributed by atoms with E-state index in [9.17, 15) is 0 Å². The summed E-state index contributed by atoms with van der Waals surface area (Å²) in [4.78, 5) is 2.66. The van der Waals surface area contributed by atoms with Gasteiger partial charge in [0.15, 0.2) is 0 Å². The summed E-state index contributed by atoms with van der Waals surface area (Å²) in [6, 6.07) is 0.833. The molecule has 3 nitrogen and oxygen atoms in total. The number of hydrogen-bond acceptors (Lipinski definition) is 3. The van der Waals surface area contributed by atoms with E-state index in [1.807, 2.05) is 0 Å². The van der Waals surface area contributed by atoms with Gasteiger partial charge in [0, 0.05) is 32.2 Å². The van der Waals surface area contributed by atoms with Gasteiger partial charge in [-0.1, -0.05) is 6.42 Å². The number of hydrogen-bond donors (Lipinski definition) is 2. The number of nitrogens with one attached hydrogen (secondary N) is 1. The minimum atomic E-state index is 0.795. The van der Waals surface area contributed by atoms with Crippen LogP contribution in [0.4, 0.5) is 0 Å². The average Bonchev–Trinajstić information content (AvgIpc) is 2.30. The van der Waals surface area contributed by atoms with E-state index in [-0.39, 0.29) is 0 Å². The van der Waals surface area contributed by atoms with E-state index in [2.05, 4.69) is 10.2 Å². The predicted octanol–water partition coefficient (Wildman–Crippen LogP) is 0.409. The Hall–Kier alpha value is -0.120. The molecule has 1 aliphatic carbocycles. The summed E-state index contributed by atoms with van der Waals surface area (Å²) in [5.74, 6) is 0.795. The first-order chi connectivity index (χ1) is 6.90. The zero-order chi connectivity index (χ0) is 9.80. The maximum absolute atomic E-state index is 5.76. The number of nitrogens with two attached hydrogens (primary N) is 1. The maximum Gasteiger partial charge on any atom is 0.0110 e. The topological polar surface area (TPSA) is 41.3 Å². The zero-order valence-electron chi connectivity index (χ0n) is 9.04. The van der Waals surface area contributed by atoms with Crippen molar-refractivity contribution in [2.75, 3.05) is 32.7 Å². The summed E-state index contributed by atoms with van der Waals surface area (Å²) in [6.45, 7) is 5.71. The fourth-order valence-electron chi connectivity index (χ4n) is 2.86. The second-order valence-electron chi connectivity index (χ2n) is 4.71. The molecule has 0 spiro atoms. The van der Waals surface area contributed by atoms with Crippen molar-refractivity contribution in [3.8, 4) is 0 Å². The van der Waals surface area contributed by atoms with E-state index in [1.165, 1.54) is 51.9 Å². The summed E-state index contributed by atoms with van der Waals surface area (Å²) in [5, 5.41) is 3.41. The summed E-state index contributed by atoms with van der Waals surface area (Å²) < 4.78 is 0. The van der Waals surface area contributed by atoms with Crippen molar-refractivity contribution >= 4 is 0 Å². The molecule has 0 aromatic rings. The second-order valence-corrected chi connectivity index (χ2v) is 4.71. The van der Waals surface area contributed by atoms with Crippen LogP contribution in [0, 0.1) is 5.92 Å². The quantitative estimate of drug-likeness (QED) is 0.674. The van der Waals surface area contributed by atoms with Crippen LogP contribution in [0.2, 0.25) is 0 Å². The standard InChI is InChI=1S/C11H23N3/c12-9-10-2-1-3-11(8-10)14-6-4-13-5-7-14/h10-11,13H,1-9,12H2. The summed E-state index contributed by atoms with van der Waals surface area (Å²) in [5.41, 5.74) is 5.76. The Morgan fingerprint density at radius 3 is 2.71 bits per heavy atom. The van der Waals surface area contributed by atoms with Gasteiger partial charge in [-0.2, -0.15) is 0 Å². The predicted molar refractivity (Wildman–Crippen MR) is 59.2 cm³/mol. The molecule has 2 aliphatic rings. The third kappa shape index (κ3) is 2.47. The van der Waals surface area contributed by atoms with Gasteiger partial charge in [0.05, 0.1) is 0 Å². The number of rotatable bonds is 2. The molecular weight excluding hydrogens is 174 g/mol. The van der Waals surface area contributed by atoms with Crippen molar-refractivity contribution in [3.05, 3.63) is 0 Å². The van der Waals surface area contributed by atoms with Crippen LogP contribution in [-0.4, -0.2) is 43.7 Å². The molecule has 2 atom stereocenters. The normalized spacial score (nSPS) is 35.8. The lowest BCUT2D eigenvalue weighted by atomic mass is 9.85. The monoisotopic (exact) mass is 197 g/mol. The van der Waals surface area contributed by atoms with E-state index in [4.69, 9.17) is 5.73 Å². The third-order valence-corrected chi connectivity index (χ3v) is 3.76. The van der Waals surface area contributed by atoms with Gasteiger partial charge in [-0.3, -0.25) is 4.90 Å². The first-order valence-electron chi connectivity index (χ1n) is 6.05. The Balaban J connectivity index is 1.83. The smallest absolute Gasteiger partial charge is 0.0110 e. The van der Waals surface area contributed by atoms with Crippen LogP contribution >= 0.6 is 0 Å². The molecule has 3 heteroatoms. The molecule has 82 valence electrons. The van der Waals surface area contributed by atoms with E-state index >= 15 is 0 Å². The van der Waals surface area contributed by atoms with Crippen LogP contribution in [0.5, 0.6) is 0 Å². The van der Waals surface area contributed by atoms with E-state index < -0.39 is 0 Å². The number of nitrogens with zero attached hydrogens (tertiary/aromatic N) is 1. The molecule has 1 saturated heterocycles. The Labute approximate surface area is 87.0 Å². The molecule has 0 radical (unpaired) electrons. The fourth-order valence-corrected chi connectivity index (χ4v) is 2.86. The lowest BCUT2D eigenvalue weighted by Crippen LogP contribution is -2.50. The second kappa shape index (κ2) is 5.10. The van der Waals surface area contributed by atoms with E-state index in [0.29, 0.717) is 0 Å². The van der Waals surface area contributed by atoms with Crippen molar-refractivity contribution in [2.24, 2.45) is 11.7 Å². The van der Waals surface area contributed by atoms with Crippen LogP contribution in [0.25, 0.3) is 0 Å². The lowest BCUT2D eigenvalue weighted by molar-refractivity contribution is 0.117. The van der Waals surface area contributed by atoms with Gasteiger partial charge in [-0.05, 0) is 31.7 Å². The van der Waals surface area contributed by atoms with E-state index in [0.717, 1.165) is 18.5 Å². The third-order valence-electron chi connectivity index (χ3n) is 3.76. The largest absolute Gasteiger partial charge is 0.330 e. The molecule has 2 fully saturated rings. The van der Waals surface area contributed by atoms with Crippen molar-refractivity contribution in [1.82, 2.24) is 10.2 Å². The highest BCUT2D eigenvalue weighted by Crippen LogP contribution is 2.27. The van der Waals surface area contributed by atoms with Gasteiger partial charge in [0.25, 0.3) is 0 Å². The highest BCUT2D eigenvalue weighted by molar-refractivity contribution is 4.83. The molecule has 1 saturated carbocycles. The minimum absolute atomic E-state index is 0.795. The summed E-state index contributed by atoms with van der Waals surface area (Å²) >= 11 is 0. The van der Waals surface area contributed by atoms with Crippen LogP contribution in [0.3, 0.4) is 0 Å². The van der Waals surface area contributed by atoms with Gasteiger partial charge in [0.2, 0.25) is 0 Å². The molecule has 0 amide bonds. The van der Waals surface area contributed by atoms with Gasteiger partial charge >= 0.3 is 0 Å². The molecule has 1 heterocycles. The van der Waals surface area contributed by atoms with Gasteiger partial charge < -0.3 is 11.1 Å². The highest BCUT2D eigenvalue weighted by Gasteiger charge is 2.26. The molecule has 0 aromatic carbocycles. The van der Waals surface area contributed by atoms with Gasteiger partial charge in [-0.15, -0.1) is 0 Å². The summed E-state index contributed by atoms with van der Waals surface area (Å²) in [7, 11) is 0. The molecule has 2 rings (SSSR count). The molecule has 14 heavy (non-hydrogen) atoms. The Morgan fingerprint density at radius 1 is 1.21 bits per heavy atom. The van der Waals surface area contributed by atoms with Crippen LogP contribution in [-0.2, 0) is 0 Å². The van der Waals surface area contributed by atoms with Crippen molar-refractivity contribution < 1.29 is 0 Å². The van der Waals surface area contributed by atoms with E-state index in [1.54, 1.807) is 0 Å². The summed E-state index contributed by atoms with van der Waals surface area (Å²) in [6.07, 6.45) is 5.49. The van der Waals surface area contributed by atoms with Crippen LogP contribution in [0.1, 0.15) is 25.7 Å². The van der Waals surface area contributed by atoms with Crippen molar-refractivity contribution in [1.29, 1.82) is 0 Å². The Bertz CT molecular complexity index is 166. The van der Waals surface area contributed by atoms with Crippen LogP contribution in [0.15, 0.2) is 0 Å². The lowest BCUT2D eigenvalue weighted by Gasteiger charge is -2.39. The molecular formula is C11H23N3.